The summed E-state index contributed by atoms with van der Waals surface area (Å²) in [5, 5.41) is 14.0. The molecule has 1 aliphatic heterocycles. The van der Waals surface area contributed by atoms with Crippen LogP contribution in [0.25, 0.3) is 0 Å². The molecule has 106 valence electrons. The molecule has 1 atom stereocenters. The Bertz CT molecular complexity index is 492. The summed E-state index contributed by atoms with van der Waals surface area (Å²) in [6.45, 7) is 5.73. The Morgan fingerprint density at radius 2 is 2.32 bits per heavy atom. The lowest BCUT2D eigenvalue weighted by molar-refractivity contribution is -0.385. The van der Waals surface area contributed by atoms with Crippen molar-refractivity contribution in [2.75, 3.05) is 19.6 Å². The molecule has 0 aliphatic carbocycles. The van der Waals surface area contributed by atoms with Gasteiger partial charge in [0.05, 0.1) is 14.7 Å². The van der Waals surface area contributed by atoms with E-state index in [-0.39, 0.29) is 30.0 Å². The molecule has 19 heavy (non-hydrogen) atoms. The minimum Gasteiger partial charge on any atom is -0.335 e. The molecular weight excluding hydrogens is 290 g/mol. The summed E-state index contributed by atoms with van der Waals surface area (Å²) in [4.78, 5) is 25.3. The van der Waals surface area contributed by atoms with Gasteiger partial charge in [-0.3, -0.25) is 14.9 Å². The molecule has 1 unspecified atom stereocenters. The number of nitrogens with zero attached hydrogens (tertiary/aromatic N) is 2. The third kappa shape index (κ3) is 3.43. The Labute approximate surface area is 121 Å². The van der Waals surface area contributed by atoms with Crippen LogP contribution in [-0.4, -0.2) is 41.4 Å². The highest BCUT2D eigenvalue weighted by Gasteiger charge is 2.26. The number of carbonyl (C=O) groups excluding carboxylic acids is 1. The predicted molar refractivity (Wildman–Crippen MR) is 76.3 cm³/mol. The van der Waals surface area contributed by atoms with Crippen LogP contribution < -0.4 is 5.32 Å². The van der Waals surface area contributed by atoms with Crippen LogP contribution in [0.1, 0.15) is 21.5 Å². The summed E-state index contributed by atoms with van der Waals surface area (Å²) >= 11 is 1.19. The lowest BCUT2D eigenvalue weighted by atomic mass is 10.2. The van der Waals surface area contributed by atoms with E-state index in [0.29, 0.717) is 22.8 Å². The number of aryl methyl sites for hydroxylation is 1. The molecule has 6 nitrogen and oxygen atoms in total. The fourth-order valence-electron chi connectivity index (χ4n) is 2.03. The smallest absolute Gasteiger partial charge is 0.283 e. The summed E-state index contributed by atoms with van der Waals surface area (Å²) in [6, 6.07) is 1.65. The zero-order valence-electron chi connectivity index (χ0n) is 10.7. The minimum absolute atomic E-state index is 0. The van der Waals surface area contributed by atoms with Gasteiger partial charge in [-0.15, -0.1) is 23.7 Å². The maximum absolute atomic E-state index is 12.2. The standard InChI is InChI=1S/C11H15N3O3S.ClH/c1-7-6-13(4-3-12-7)11(15)10-5-9(14(16)17)8(2)18-10;/h5,7,12H,3-4,6H2,1-2H3;1H. The van der Waals surface area contributed by atoms with Crippen LogP contribution in [0, 0.1) is 17.0 Å². The zero-order chi connectivity index (χ0) is 13.3. The Balaban J connectivity index is 0.00000180. The molecule has 1 saturated heterocycles. The van der Waals surface area contributed by atoms with E-state index in [9.17, 15) is 14.9 Å². The Morgan fingerprint density at radius 1 is 1.63 bits per heavy atom. The van der Waals surface area contributed by atoms with Gasteiger partial charge in [0.1, 0.15) is 0 Å². The lowest BCUT2D eigenvalue weighted by Gasteiger charge is -2.31. The average molecular weight is 306 g/mol. The van der Waals surface area contributed by atoms with Crippen molar-refractivity contribution in [3.8, 4) is 0 Å². The van der Waals surface area contributed by atoms with Gasteiger partial charge < -0.3 is 10.2 Å². The van der Waals surface area contributed by atoms with E-state index in [0.717, 1.165) is 6.54 Å². The third-order valence-electron chi connectivity index (χ3n) is 2.96. The number of thiophene rings is 1. The highest BCUT2D eigenvalue weighted by molar-refractivity contribution is 7.14. The van der Waals surface area contributed by atoms with Crippen LogP contribution in [0.2, 0.25) is 0 Å². The largest absolute Gasteiger partial charge is 0.335 e. The molecule has 0 saturated carbocycles. The number of nitrogens with one attached hydrogen (secondary N) is 1. The second-order valence-electron chi connectivity index (χ2n) is 4.42. The Hall–Kier alpha value is -1.18. The van der Waals surface area contributed by atoms with Crippen molar-refractivity contribution in [1.29, 1.82) is 0 Å². The van der Waals surface area contributed by atoms with Crippen LogP contribution in [-0.2, 0) is 0 Å². The molecule has 2 heterocycles. The summed E-state index contributed by atoms with van der Waals surface area (Å²) in [6.07, 6.45) is 0. The molecule has 1 aromatic rings. The second kappa shape index (κ2) is 6.31. The van der Waals surface area contributed by atoms with Gasteiger partial charge in [-0.25, -0.2) is 0 Å². The molecule has 1 N–H and O–H groups in total. The van der Waals surface area contributed by atoms with E-state index in [1.54, 1.807) is 11.8 Å². The SMILES string of the molecule is Cc1sc(C(=O)N2CCNC(C)C2)cc1[N+](=O)[O-].Cl. The summed E-state index contributed by atoms with van der Waals surface area (Å²) in [5.74, 6) is -0.107. The fourth-order valence-corrected chi connectivity index (χ4v) is 2.99. The number of hydrogen-bond acceptors (Lipinski definition) is 5. The zero-order valence-corrected chi connectivity index (χ0v) is 12.3. The van der Waals surface area contributed by atoms with Crippen molar-refractivity contribution in [3.63, 3.8) is 0 Å². The Morgan fingerprint density at radius 3 is 2.84 bits per heavy atom. The van der Waals surface area contributed by atoms with Crippen molar-refractivity contribution in [3.05, 3.63) is 25.9 Å². The number of piperazine rings is 1. The fraction of sp³-hybridized carbons (Fsp3) is 0.545. The van der Waals surface area contributed by atoms with E-state index in [4.69, 9.17) is 0 Å². The number of hydrogen-bond donors (Lipinski definition) is 1. The molecular formula is C11H16ClN3O3S. The first-order valence-corrected chi connectivity index (χ1v) is 6.58. The summed E-state index contributed by atoms with van der Waals surface area (Å²) < 4.78 is 0. The molecule has 0 aromatic carbocycles. The second-order valence-corrected chi connectivity index (χ2v) is 5.67. The predicted octanol–water partition coefficient (Wildman–Crippen LogP) is 1.82. The Kier molecular flexibility index (Phi) is 5.28. The quantitative estimate of drug-likeness (QED) is 0.668. The first-order valence-electron chi connectivity index (χ1n) is 5.76. The van der Waals surface area contributed by atoms with E-state index < -0.39 is 4.92 Å². The van der Waals surface area contributed by atoms with Crippen LogP contribution in [0.4, 0.5) is 5.69 Å². The number of nitro groups is 1. The van der Waals surface area contributed by atoms with Crippen LogP contribution in [0.15, 0.2) is 6.07 Å². The van der Waals surface area contributed by atoms with Crippen molar-refractivity contribution in [1.82, 2.24) is 10.2 Å². The topological polar surface area (TPSA) is 75.5 Å². The van der Waals surface area contributed by atoms with Gasteiger partial charge in [0.2, 0.25) is 0 Å². The van der Waals surface area contributed by atoms with Crippen molar-refractivity contribution < 1.29 is 9.72 Å². The van der Waals surface area contributed by atoms with E-state index in [1.165, 1.54) is 17.4 Å². The number of halogens is 1. The number of rotatable bonds is 2. The highest BCUT2D eigenvalue weighted by atomic mass is 35.5. The van der Waals surface area contributed by atoms with Crippen molar-refractivity contribution in [2.45, 2.75) is 19.9 Å². The van der Waals surface area contributed by atoms with E-state index in [1.807, 2.05) is 6.92 Å². The molecule has 2 rings (SSSR count). The van der Waals surface area contributed by atoms with Gasteiger partial charge >= 0.3 is 0 Å². The van der Waals surface area contributed by atoms with Gasteiger partial charge in [-0.1, -0.05) is 0 Å². The van der Waals surface area contributed by atoms with Crippen molar-refractivity contribution in [2.24, 2.45) is 0 Å². The van der Waals surface area contributed by atoms with Gasteiger partial charge in [0.25, 0.3) is 11.6 Å². The van der Waals surface area contributed by atoms with Gasteiger partial charge in [-0.05, 0) is 13.8 Å². The minimum atomic E-state index is -0.441. The summed E-state index contributed by atoms with van der Waals surface area (Å²) in [5.41, 5.74) is 0.0338. The van der Waals surface area contributed by atoms with Gasteiger partial charge in [0, 0.05) is 31.7 Å². The lowest BCUT2D eigenvalue weighted by Crippen LogP contribution is -2.51. The van der Waals surface area contributed by atoms with Crippen LogP contribution in [0.5, 0.6) is 0 Å². The molecule has 0 radical (unpaired) electrons. The molecule has 0 spiro atoms. The third-order valence-corrected chi connectivity index (χ3v) is 3.98. The number of carbonyl (C=O) groups is 1. The molecule has 1 aromatic heterocycles. The maximum Gasteiger partial charge on any atom is 0.283 e. The molecule has 8 heteroatoms. The van der Waals surface area contributed by atoms with Gasteiger partial charge in [-0.2, -0.15) is 0 Å². The first kappa shape index (κ1) is 15.9. The first-order chi connectivity index (χ1) is 8.49. The normalized spacial score (nSPS) is 18.8. The molecule has 1 aliphatic rings. The molecule has 1 amide bonds. The van der Waals surface area contributed by atoms with Crippen LogP contribution >= 0.6 is 23.7 Å². The van der Waals surface area contributed by atoms with Crippen LogP contribution in [0.3, 0.4) is 0 Å². The van der Waals surface area contributed by atoms with E-state index in [2.05, 4.69) is 5.32 Å². The average Bonchev–Trinajstić information content (AvgIpc) is 2.70. The molecule has 0 bridgehead atoms. The van der Waals surface area contributed by atoms with Crippen molar-refractivity contribution >= 4 is 35.3 Å². The highest BCUT2D eigenvalue weighted by Crippen LogP contribution is 2.29. The van der Waals surface area contributed by atoms with Gasteiger partial charge in [0.15, 0.2) is 0 Å². The van der Waals surface area contributed by atoms with E-state index >= 15 is 0 Å². The molecule has 1 fully saturated rings. The monoisotopic (exact) mass is 305 g/mol. The summed E-state index contributed by atoms with van der Waals surface area (Å²) in [7, 11) is 0. The maximum atomic E-state index is 12.2. The number of amides is 1.